The van der Waals surface area contributed by atoms with Gasteiger partial charge in [-0.1, -0.05) is 23.7 Å². The predicted molar refractivity (Wildman–Crippen MR) is 110 cm³/mol. The van der Waals surface area contributed by atoms with E-state index in [4.69, 9.17) is 11.6 Å². The normalized spacial score (nSPS) is 10.9. The molecule has 2 rings (SSSR count). The average Bonchev–Trinajstić information content (AvgIpc) is 2.56. The Morgan fingerprint density at radius 1 is 1.21 bits per heavy atom. The molecule has 0 atom stereocenters. The summed E-state index contributed by atoms with van der Waals surface area (Å²) in [7, 11) is 0. The smallest absolute Gasteiger partial charge is 0.191 e. The average molecular weight is 460 g/mol. The van der Waals surface area contributed by atoms with Crippen LogP contribution in [0.2, 0.25) is 5.15 Å². The van der Waals surface area contributed by atoms with Gasteiger partial charge in [-0.3, -0.25) is 4.98 Å². The summed E-state index contributed by atoms with van der Waals surface area (Å²) in [4.78, 5) is 13.0. The highest BCUT2D eigenvalue weighted by molar-refractivity contribution is 14.0. The van der Waals surface area contributed by atoms with Gasteiger partial charge in [-0.15, -0.1) is 24.0 Å². The molecule has 7 heteroatoms. The van der Waals surface area contributed by atoms with Gasteiger partial charge in [0.1, 0.15) is 5.15 Å². The number of hydrogen-bond acceptors (Lipinski definition) is 3. The summed E-state index contributed by atoms with van der Waals surface area (Å²) in [5.41, 5.74) is 3.28. The zero-order valence-corrected chi connectivity index (χ0v) is 17.0. The molecule has 0 radical (unpaired) electrons. The van der Waals surface area contributed by atoms with Crippen LogP contribution in [0.5, 0.6) is 0 Å². The Kier molecular flexibility index (Phi) is 9.63. The molecule has 0 aliphatic heterocycles. The molecule has 0 spiro atoms. The fourth-order valence-corrected chi connectivity index (χ4v) is 2.17. The largest absolute Gasteiger partial charge is 0.357 e. The Balaban J connectivity index is 0.00000288. The third-order valence-corrected chi connectivity index (χ3v) is 3.57. The van der Waals surface area contributed by atoms with Crippen molar-refractivity contribution in [1.29, 1.82) is 0 Å². The first-order chi connectivity index (χ1) is 11.2. The van der Waals surface area contributed by atoms with Crippen molar-refractivity contribution >= 4 is 41.5 Å². The Morgan fingerprint density at radius 3 is 2.71 bits per heavy atom. The van der Waals surface area contributed by atoms with Crippen LogP contribution < -0.4 is 10.6 Å². The highest BCUT2D eigenvalue weighted by atomic mass is 127. The predicted octanol–water partition coefficient (Wildman–Crippen LogP) is 3.35. The lowest BCUT2D eigenvalue weighted by Crippen LogP contribution is -2.38. The zero-order chi connectivity index (χ0) is 16.5. The second-order valence-corrected chi connectivity index (χ2v) is 5.52. The molecule has 0 fully saturated rings. The number of rotatable bonds is 6. The number of pyridine rings is 2. The maximum atomic E-state index is 5.79. The van der Waals surface area contributed by atoms with Crippen molar-refractivity contribution in [2.75, 3.05) is 13.1 Å². The standard InChI is InChI=1S/C17H22ClN5.HI/c1-3-19-17(23-12-15-13(2)5-4-9-20-15)21-10-8-14-6-7-16(18)22-11-14;/h4-7,9,11H,3,8,10,12H2,1-2H3,(H2,19,21,23);1H. The summed E-state index contributed by atoms with van der Waals surface area (Å²) in [6.45, 7) is 6.24. The third-order valence-electron chi connectivity index (χ3n) is 3.34. The lowest BCUT2D eigenvalue weighted by atomic mass is 10.2. The maximum absolute atomic E-state index is 5.79. The molecule has 2 N–H and O–H groups in total. The summed E-state index contributed by atoms with van der Waals surface area (Å²) in [5.74, 6) is 0.791. The van der Waals surface area contributed by atoms with E-state index in [0.29, 0.717) is 11.7 Å². The van der Waals surface area contributed by atoms with Crippen molar-refractivity contribution < 1.29 is 0 Å². The van der Waals surface area contributed by atoms with Crippen molar-refractivity contribution in [2.45, 2.75) is 26.8 Å². The number of guanidine groups is 1. The second-order valence-electron chi connectivity index (χ2n) is 5.13. The Labute approximate surface area is 165 Å². The lowest BCUT2D eigenvalue weighted by Gasteiger charge is -2.11. The molecule has 130 valence electrons. The number of aromatic nitrogens is 2. The van der Waals surface area contributed by atoms with Crippen molar-refractivity contribution in [2.24, 2.45) is 4.99 Å². The molecule has 0 saturated carbocycles. The fourth-order valence-electron chi connectivity index (χ4n) is 2.06. The van der Waals surface area contributed by atoms with E-state index in [1.165, 1.54) is 0 Å². The summed E-state index contributed by atoms with van der Waals surface area (Å²) in [6, 6.07) is 7.77. The molecule has 0 amide bonds. The van der Waals surface area contributed by atoms with Gasteiger partial charge in [0.25, 0.3) is 0 Å². The Morgan fingerprint density at radius 2 is 2.04 bits per heavy atom. The highest BCUT2D eigenvalue weighted by Crippen LogP contribution is 2.06. The number of nitrogens with one attached hydrogen (secondary N) is 2. The van der Waals surface area contributed by atoms with E-state index < -0.39 is 0 Å². The number of nitrogens with zero attached hydrogens (tertiary/aromatic N) is 3. The minimum atomic E-state index is 0. The molecule has 0 aliphatic rings. The molecule has 2 aromatic heterocycles. The van der Waals surface area contributed by atoms with Gasteiger partial charge in [0.2, 0.25) is 0 Å². The van der Waals surface area contributed by atoms with Gasteiger partial charge in [-0.05, 0) is 43.5 Å². The number of hydrogen-bond donors (Lipinski definition) is 2. The van der Waals surface area contributed by atoms with Crippen molar-refractivity contribution in [3.05, 3.63) is 58.6 Å². The van der Waals surface area contributed by atoms with Crippen molar-refractivity contribution in [1.82, 2.24) is 20.6 Å². The topological polar surface area (TPSA) is 62.2 Å². The van der Waals surface area contributed by atoms with E-state index in [1.54, 1.807) is 18.5 Å². The van der Waals surface area contributed by atoms with Crippen LogP contribution in [0.1, 0.15) is 23.7 Å². The van der Waals surface area contributed by atoms with Crippen LogP contribution in [0.4, 0.5) is 0 Å². The molecule has 0 aliphatic carbocycles. The van der Waals surface area contributed by atoms with E-state index >= 15 is 0 Å². The molecular formula is C17H23ClIN5. The van der Waals surface area contributed by atoms with Gasteiger partial charge in [0.05, 0.1) is 12.2 Å². The molecule has 0 bridgehead atoms. The van der Waals surface area contributed by atoms with Crippen molar-refractivity contribution in [3.8, 4) is 0 Å². The number of aliphatic imine (C=N–C) groups is 1. The van der Waals surface area contributed by atoms with E-state index in [1.807, 2.05) is 32.0 Å². The summed E-state index contributed by atoms with van der Waals surface area (Å²) in [5, 5.41) is 7.08. The second kappa shape index (κ2) is 11.2. The first-order valence-corrected chi connectivity index (χ1v) is 8.10. The van der Waals surface area contributed by atoms with Crippen LogP contribution in [-0.2, 0) is 13.0 Å². The summed E-state index contributed by atoms with van der Waals surface area (Å²) < 4.78 is 0. The van der Waals surface area contributed by atoms with Crippen LogP contribution in [0, 0.1) is 6.92 Å². The van der Waals surface area contributed by atoms with Gasteiger partial charge >= 0.3 is 0 Å². The van der Waals surface area contributed by atoms with E-state index in [0.717, 1.165) is 42.3 Å². The Bertz CT molecular complexity index is 646. The summed E-state index contributed by atoms with van der Waals surface area (Å²) in [6.07, 6.45) is 4.45. The Hall–Kier alpha value is -1.41. The zero-order valence-electron chi connectivity index (χ0n) is 13.9. The number of halogens is 2. The molecule has 0 aromatic carbocycles. The first-order valence-electron chi connectivity index (χ1n) is 7.72. The maximum Gasteiger partial charge on any atom is 0.191 e. The van der Waals surface area contributed by atoms with Gasteiger partial charge in [0.15, 0.2) is 5.96 Å². The van der Waals surface area contributed by atoms with Crippen LogP contribution >= 0.6 is 35.6 Å². The third kappa shape index (κ3) is 7.00. The quantitative estimate of drug-likeness (QED) is 0.301. The molecule has 2 aromatic rings. The van der Waals surface area contributed by atoms with Gasteiger partial charge < -0.3 is 10.6 Å². The highest BCUT2D eigenvalue weighted by Gasteiger charge is 2.01. The first kappa shape index (κ1) is 20.6. The minimum absolute atomic E-state index is 0. The minimum Gasteiger partial charge on any atom is -0.357 e. The van der Waals surface area contributed by atoms with Gasteiger partial charge in [0, 0.05) is 25.5 Å². The number of aryl methyl sites for hydroxylation is 1. The monoisotopic (exact) mass is 459 g/mol. The molecule has 0 unspecified atom stereocenters. The van der Waals surface area contributed by atoms with E-state index in [9.17, 15) is 0 Å². The molecular weight excluding hydrogens is 437 g/mol. The van der Waals surface area contributed by atoms with Gasteiger partial charge in [-0.2, -0.15) is 0 Å². The van der Waals surface area contributed by atoms with Crippen molar-refractivity contribution in [3.63, 3.8) is 0 Å². The lowest BCUT2D eigenvalue weighted by molar-refractivity contribution is 0.794. The van der Waals surface area contributed by atoms with Crippen LogP contribution in [-0.4, -0.2) is 29.0 Å². The van der Waals surface area contributed by atoms with Crippen LogP contribution in [0.25, 0.3) is 0 Å². The van der Waals surface area contributed by atoms with Crippen LogP contribution in [0.3, 0.4) is 0 Å². The molecule has 5 nitrogen and oxygen atoms in total. The van der Waals surface area contributed by atoms with E-state index in [2.05, 4.69) is 25.6 Å². The molecule has 2 heterocycles. The summed E-state index contributed by atoms with van der Waals surface area (Å²) >= 11 is 5.79. The molecule has 0 saturated heterocycles. The van der Waals surface area contributed by atoms with E-state index in [-0.39, 0.29) is 24.0 Å². The molecule has 24 heavy (non-hydrogen) atoms. The van der Waals surface area contributed by atoms with Crippen LogP contribution in [0.15, 0.2) is 41.7 Å². The van der Waals surface area contributed by atoms with Gasteiger partial charge in [-0.25, -0.2) is 9.98 Å². The SMILES string of the molecule is CCNC(=NCc1ncccc1C)NCCc1ccc(Cl)nc1.I. The fraction of sp³-hybridized carbons (Fsp3) is 0.353.